The molecule has 1 unspecified atom stereocenters. The normalized spacial score (nSPS) is 18.1. The predicted molar refractivity (Wildman–Crippen MR) is 85.1 cm³/mol. The number of carbonyl (C=O) groups is 2. The van der Waals surface area contributed by atoms with Crippen molar-refractivity contribution in [1.82, 2.24) is 4.90 Å². The summed E-state index contributed by atoms with van der Waals surface area (Å²) in [6.07, 6.45) is -0.924. The molecule has 4 rings (SSSR count). The Labute approximate surface area is 132 Å². The van der Waals surface area contributed by atoms with Gasteiger partial charge in [0.15, 0.2) is 6.10 Å². The largest absolute Gasteiger partial charge is 0.456 e. The number of hydrogen-bond donors (Lipinski definition) is 0. The van der Waals surface area contributed by atoms with Crippen molar-refractivity contribution in [2.45, 2.75) is 19.4 Å². The van der Waals surface area contributed by atoms with Gasteiger partial charge in [0, 0.05) is 23.7 Å². The van der Waals surface area contributed by atoms with E-state index in [9.17, 15) is 9.59 Å². The first kappa shape index (κ1) is 13.8. The number of rotatable bonds is 3. The second-order valence-corrected chi connectivity index (χ2v) is 5.59. The van der Waals surface area contributed by atoms with Crippen molar-refractivity contribution in [3.8, 4) is 0 Å². The Morgan fingerprint density at radius 3 is 2.61 bits per heavy atom. The van der Waals surface area contributed by atoms with E-state index in [1.807, 2.05) is 42.5 Å². The molecule has 1 fully saturated rings. The molecule has 0 bridgehead atoms. The van der Waals surface area contributed by atoms with Gasteiger partial charge in [0.25, 0.3) is 5.91 Å². The van der Waals surface area contributed by atoms with Crippen LogP contribution in [0.2, 0.25) is 0 Å². The number of fused-ring (bicyclic) bond motifs is 3. The van der Waals surface area contributed by atoms with E-state index in [0.717, 1.165) is 32.4 Å². The van der Waals surface area contributed by atoms with Crippen molar-refractivity contribution in [2.75, 3.05) is 6.54 Å². The van der Waals surface area contributed by atoms with E-state index in [1.165, 1.54) is 0 Å². The van der Waals surface area contributed by atoms with E-state index < -0.39 is 12.2 Å². The lowest BCUT2D eigenvalue weighted by Crippen LogP contribution is -2.31. The molecule has 1 aromatic heterocycles. The molecule has 2 aromatic carbocycles. The molecule has 3 aromatic rings. The summed E-state index contributed by atoms with van der Waals surface area (Å²) in [6.45, 7) is 2.09. The van der Waals surface area contributed by atoms with Gasteiger partial charge in [-0.25, -0.2) is 9.69 Å². The maximum absolute atomic E-state index is 12.1. The summed E-state index contributed by atoms with van der Waals surface area (Å²) >= 11 is 0. The first-order valence-corrected chi connectivity index (χ1v) is 7.59. The standard InChI is InChI=1S/C18H15NO4/c1-2-19-17(20)16(23-18(19)21)10-11-7-8-15-13(9-11)12-5-3-4-6-14(12)22-15/h3-9,16H,2,10H2,1H3. The Bertz CT molecular complexity index is 927. The number of benzene rings is 2. The first-order chi connectivity index (χ1) is 11.2. The summed E-state index contributed by atoms with van der Waals surface area (Å²) in [5.74, 6) is -0.269. The third kappa shape index (κ3) is 2.16. The lowest BCUT2D eigenvalue weighted by Gasteiger charge is -2.08. The molecule has 0 N–H and O–H groups in total. The predicted octanol–water partition coefficient (Wildman–Crippen LogP) is 3.50. The van der Waals surface area contributed by atoms with E-state index >= 15 is 0 Å². The number of nitrogens with zero attached hydrogens (tertiary/aromatic N) is 1. The van der Waals surface area contributed by atoms with Crippen LogP contribution >= 0.6 is 0 Å². The van der Waals surface area contributed by atoms with Crippen molar-refractivity contribution in [1.29, 1.82) is 0 Å². The minimum atomic E-state index is -0.738. The number of amides is 2. The average molecular weight is 309 g/mol. The Morgan fingerprint density at radius 1 is 1.04 bits per heavy atom. The first-order valence-electron chi connectivity index (χ1n) is 7.59. The van der Waals surface area contributed by atoms with Crippen molar-refractivity contribution in [2.24, 2.45) is 0 Å². The molecule has 2 heterocycles. The highest BCUT2D eigenvalue weighted by molar-refractivity contribution is 6.05. The van der Waals surface area contributed by atoms with E-state index in [-0.39, 0.29) is 5.91 Å². The van der Waals surface area contributed by atoms with E-state index in [1.54, 1.807) is 6.92 Å². The quantitative estimate of drug-likeness (QED) is 0.743. The van der Waals surface area contributed by atoms with Gasteiger partial charge in [0.1, 0.15) is 11.2 Å². The van der Waals surface area contributed by atoms with Crippen molar-refractivity contribution >= 4 is 33.9 Å². The SMILES string of the molecule is CCN1C(=O)OC(Cc2ccc3oc4ccccc4c3c2)C1=O. The minimum Gasteiger partial charge on any atom is -0.456 e. The molecule has 0 spiro atoms. The maximum Gasteiger partial charge on any atom is 0.417 e. The molecule has 0 saturated carbocycles. The number of ether oxygens (including phenoxy) is 1. The van der Waals surface area contributed by atoms with Crippen LogP contribution in [0.5, 0.6) is 0 Å². The highest BCUT2D eigenvalue weighted by atomic mass is 16.6. The molecule has 5 heteroatoms. The summed E-state index contributed by atoms with van der Waals surface area (Å²) in [7, 11) is 0. The average Bonchev–Trinajstić information content (AvgIpc) is 3.05. The summed E-state index contributed by atoms with van der Waals surface area (Å²) in [4.78, 5) is 24.9. The molecule has 1 aliphatic heterocycles. The summed E-state index contributed by atoms with van der Waals surface area (Å²) in [5, 5.41) is 2.04. The van der Waals surface area contributed by atoms with Crippen LogP contribution in [-0.2, 0) is 16.0 Å². The van der Waals surface area contributed by atoms with Crippen LogP contribution in [0.4, 0.5) is 4.79 Å². The number of para-hydroxylation sites is 1. The van der Waals surface area contributed by atoms with Crippen LogP contribution in [-0.4, -0.2) is 29.5 Å². The number of hydrogen-bond acceptors (Lipinski definition) is 4. The van der Waals surface area contributed by atoms with E-state index in [2.05, 4.69) is 0 Å². The molecule has 116 valence electrons. The van der Waals surface area contributed by atoms with Crippen LogP contribution in [0, 0.1) is 0 Å². The molecule has 23 heavy (non-hydrogen) atoms. The number of furan rings is 1. The second-order valence-electron chi connectivity index (χ2n) is 5.59. The van der Waals surface area contributed by atoms with Gasteiger partial charge < -0.3 is 9.15 Å². The maximum atomic E-state index is 12.1. The van der Waals surface area contributed by atoms with Gasteiger partial charge in [0.2, 0.25) is 0 Å². The highest BCUT2D eigenvalue weighted by Gasteiger charge is 2.39. The fraction of sp³-hybridized carbons (Fsp3) is 0.222. The highest BCUT2D eigenvalue weighted by Crippen LogP contribution is 2.30. The molecular weight excluding hydrogens is 294 g/mol. The molecular formula is C18H15NO4. The van der Waals surface area contributed by atoms with Crippen LogP contribution in [0.25, 0.3) is 21.9 Å². The van der Waals surface area contributed by atoms with Gasteiger partial charge >= 0.3 is 6.09 Å². The molecule has 5 nitrogen and oxygen atoms in total. The Hall–Kier alpha value is -2.82. The Balaban J connectivity index is 1.69. The van der Waals surface area contributed by atoms with Gasteiger partial charge in [-0.15, -0.1) is 0 Å². The smallest absolute Gasteiger partial charge is 0.417 e. The monoisotopic (exact) mass is 309 g/mol. The zero-order chi connectivity index (χ0) is 16.0. The molecule has 2 amide bonds. The number of carbonyl (C=O) groups excluding carboxylic acids is 2. The third-order valence-corrected chi connectivity index (χ3v) is 4.18. The molecule has 1 aliphatic rings. The minimum absolute atomic E-state index is 0.269. The van der Waals surface area contributed by atoms with Crippen molar-refractivity contribution in [3.63, 3.8) is 0 Å². The zero-order valence-corrected chi connectivity index (χ0v) is 12.6. The van der Waals surface area contributed by atoms with Gasteiger partial charge in [-0.1, -0.05) is 24.3 Å². The van der Waals surface area contributed by atoms with Gasteiger partial charge in [-0.3, -0.25) is 4.79 Å². The summed E-state index contributed by atoms with van der Waals surface area (Å²) < 4.78 is 11.0. The second kappa shape index (κ2) is 5.12. The van der Waals surface area contributed by atoms with E-state index in [4.69, 9.17) is 9.15 Å². The van der Waals surface area contributed by atoms with Gasteiger partial charge in [0.05, 0.1) is 0 Å². The molecule has 0 aliphatic carbocycles. The van der Waals surface area contributed by atoms with Crippen LogP contribution in [0.1, 0.15) is 12.5 Å². The number of likely N-dealkylation sites (N-methyl/N-ethyl adjacent to an activating group) is 1. The summed E-state index contributed by atoms with van der Waals surface area (Å²) in [5.41, 5.74) is 2.58. The fourth-order valence-corrected chi connectivity index (χ4v) is 3.03. The van der Waals surface area contributed by atoms with Crippen molar-refractivity contribution in [3.05, 3.63) is 48.0 Å². The molecule has 1 atom stereocenters. The number of imide groups is 1. The fourth-order valence-electron chi connectivity index (χ4n) is 3.03. The third-order valence-electron chi connectivity index (χ3n) is 4.18. The lowest BCUT2D eigenvalue weighted by atomic mass is 10.0. The van der Waals surface area contributed by atoms with Crippen LogP contribution in [0.15, 0.2) is 46.9 Å². The molecule has 0 radical (unpaired) electrons. The number of cyclic esters (lactones) is 1. The van der Waals surface area contributed by atoms with E-state index in [0.29, 0.717) is 13.0 Å². The Morgan fingerprint density at radius 2 is 1.83 bits per heavy atom. The Kier molecular flexibility index (Phi) is 3.08. The van der Waals surface area contributed by atoms with Crippen molar-refractivity contribution < 1.29 is 18.7 Å². The van der Waals surface area contributed by atoms with Crippen LogP contribution in [0.3, 0.4) is 0 Å². The molecule has 1 saturated heterocycles. The zero-order valence-electron chi connectivity index (χ0n) is 12.6. The summed E-state index contributed by atoms with van der Waals surface area (Å²) in [6, 6.07) is 13.6. The topological polar surface area (TPSA) is 59.8 Å². The van der Waals surface area contributed by atoms with Gasteiger partial charge in [-0.2, -0.15) is 0 Å². The van der Waals surface area contributed by atoms with Crippen LogP contribution < -0.4 is 0 Å². The van der Waals surface area contributed by atoms with Gasteiger partial charge in [-0.05, 0) is 30.7 Å². The lowest BCUT2D eigenvalue weighted by molar-refractivity contribution is -0.129.